The number of piperidine rings is 1. The van der Waals surface area contributed by atoms with Crippen LogP contribution in [-0.4, -0.2) is 33.2 Å². The molecule has 0 spiro atoms. The first-order chi connectivity index (χ1) is 11.6. The summed E-state index contributed by atoms with van der Waals surface area (Å²) in [6, 6.07) is 2.09. The third-order valence-electron chi connectivity index (χ3n) is 4.94. The first kappa shape index (κ1) is 15.5. The lowest BCUT2D eigenvalue weighted by Crippen LogP contribution is -2.34. The van der Waals surface area contributed by atoms with E-state index in [1.165, 1.54) is 12.8 Å². The standard InChI is InChI=1S/C18H25N5O/c1-11(2)16-19-12(3)10-15(20-16)23-8-6-13(7-9-23)17-21-18(24-22-17)14-4-5-14/h10-11,13-14H,4-9H2,1-3H3. The van der Waals surface area contributed by atoms with E-state index in [0.717, 1.165) is 55.0 Å². The highest BCUT2D eigenvalue weighted by molar-refractivity contribution is 5.40. The van der Waals surface area contributed by atoms with Gasteiger partial charge >= 0.3 is 0 Å². The van der Waals surface area contributed by atoms with Crippen molar-refractivity contribution < 1.29 is 4.52 Å². The molecule has 4 rings (SSSR count). The van der Waals surface area contributed by atoms with Crippen molar-refractivity contribution in [3.63, 3.8) is 0 Å². The third kappa shape index (κ3) is 3.14. The summed E-state index contributed by atoms with van der Waals surface area (Å²) in [6.07, 6.45) is 4.49. The second-order valence-corrected chi connectivity index (χ2v) is 7.41. The molecular formula is C18H25N5O. The molecule has 6 heteroatoms. The molecule has 128 valence electrons. The summed E-state index contributed by atoms with van der Waals surface area (Å²) >= 11 is 0. The van der Waals surface area contributed by atoms with E-state index in [2.05, 4.69) is 39.9 Å². The summed E-state index contributed by atoms with van der Waals surface area (Å²) in [6.45, 7) is 8.28. The molecule has 0 bridgehead atoms. The fourth-order valence-electron chi connectivity index (χ4n) is 3.27. The molecule has 0 unspecified atom stereocenters. The molecule has 2 aliphatic rings. The Hall–Kier alpha value is -1.98. The lowest BCUT2D eigenvalue weighted by Gasteiger charge is -2.31. The zero-order chi connectivity index (χ0) is 16.7. The highest BCUT2D eigenvalue weighted by atomic mass is 16.5. The predicted octanol–water partition coefficient (Wildman–Crippen LogP) is 3.55. The van der Waals surface area contributed by atoms with E-state index in [9.17, 15) is 0 Å². The van der Waals surface area contributed by atoms with Gasteiger partial charge in [0.1, 0.15) is 11.6 Å². The van der Waals surface area contributed by atoms with E-state index in [4.69, 9.17) is 9.51 Å². The molecule has 1 saturated heterocycles. The summed E-state index contributed by atoms with van der Waals surface area (Å²) in [4.78, 5) is 16.3. The van der Waals surface area contributed by atoms with E-state index in [-0.39, 0.29) is 0 Å². The Labute approximate surface area is 142 Å². The van der Waals surface area contributed by atoms with E-state index >= 15 is 0 Å². The molecule has 0 amide bonds. The number of aryl methyl sites for hydroxylation is 1. The highest BCUT2D eigenvalue weighted by Gasteiger charge is 2.32. The van der Waals surface area contributed by atoms with Gasteiger partial charge in [0, 0.05) is 42.6 Å². The van der Waals surface area contributed by atoms with Gasteiger partial charge in [0.15, 0.2) is 5.82 Å². The molecule has 6 nitrogen and oxygen atoms in total. The quantitative estimate of drug-likeness (QED) is 0.855. The Morgan fingerprint density at radius 2 is 1.79 bits per heavy atom. The number of rotatable bonds is 4. The van der Waals surface area contributed by atoms with Crippen LogP contribution in [0.1, 0.15) is 80.5 Å². The van der Waals surface area contributed by atoms with Crippen molar-refractivity contribution in [2.24, 2.45) is 0 Å². The highest BCUT2D eigenvalue weighted by Crippen LogP contribution is 2.40. The fourth-order valence-corrected chi connectivity index (χ4v) is 3.27. The van der Waals surface area contributed by atoms with Gasteiger partial charge in [0.2, 0.25) is 5.89 Å². The Balaban J connectivity index is 1.43. The SMILES string of the molecule is Cc1cc(N2CCC(c3noc(C4CC4)n3)CC2)nc(C(C)C)n1. The lowest BCUT2D eigenvalue weighted by molar-refractivity contribution is 0.364. The minimum atomic E-state index is 0.348. The molecule has 0 atom stereocenters. The molecule has 24 heavy (non-hydrogen) atoms. The summed E-state index contributed by atoms with van der Waals surface area (Å²) in [7, 11) is 0. The zero-order valence-corrected chi connectivity index (χ0v) is 14.7. The maximum atomic E-state index is 5.42. The molecule has 3 heterocycles. The second kappa shape index (κ2) is 6.15. The van der Waals surface area contributed by atoms with Gasteiger partial charge in [-0.25, -0.2) is 9.97 Å². The largest absolute Gasteiger partial charge is 0.356 e. The number of anilines is 1. The molecule has 0 radical (unpaired) electrons. The first-order valence-electron chi connectivity index (χ1n) is 9.04. The maximum Gasteiger partial charge on any atom is 0.229 e. The summed E-state index contributed by atoms with van der Waals surface area (Å²) in [5.74, 6) is 5.02. The Morgan fingerprint density at radius 3 is 2.46 bits per heavy atom. The number of hydrogen-bond acceptors (Lipinski definition) is 6. The van der Waals surface area contributed by atoms with Crippen molar-refractivity contribution in [3.05, 3.63) is 29.3 Å². The van der Waals surface area contributed by atoms with E-state index in [1.54, 1.807) is 0 Å². The lowest BCUT2D eigenvalue weighted by atomic mass is 9.96. The monoisotopic (exact) mass is 327 g/mol. The van der Waals surface area contributed by atoms with Crippen LogP contribution in [-0.2, 0) is 0 Å². The fraction of sp³-hybridized carbons (Fsp3) is 0.667. The second-order valence-electron chi connectivity index (χ2n) is 7.41. The summed E-state index contributed by atoms with van der Waals surface area (Å²) < 4.78 is 5.42. The van der Waals surface area contributed by atoms with Crippen LogP contribution in [0.5, 0.6) is 0 Å². The van der Waals surface area contributed by atoms with Crippen molar-refractivity contribution in [2.75, 3.05) is 18.0 Å². The molecule has 0 aromatic carbocycles. The molecule has 2 fully saturated rings. The number of hydrogen-bond donors (Lipinski definition) is 0. The third-order valence-corrected chi connectivity index (χ3v) is 4.94. The molecule has 1 aliphatic carbocycles. The van der Waals surface area contributed by atoms with E-state index in [1.807, 2.05) is 6.92 Å². The molecule has 2 aromatic heterocycles. The number of nitrogens with zero attached hydrogens (tertiary/aromatic N) is 5. The summed E-state index contributed by atoms with van der Waals surface area (Å²) in [5, 5.41) is 4.22. The van der Waals surface area contributed by atoms with Gasteiger partial charge in [-0.05, 0) is 32.6 Å². The maximum absolute atomic E-state index is 5.42. The van der Waals surface area contributed by atoms with Crippen LogP contribution in [0.2, 0.25) is 0 Å². The van der Waals surface area contributed by atoms with Crippen molar-refractivity contribution in [3.8, 4) is 0 Å². The van der Waals surface area contributed by atoms with Crippen LogP contribution >= 0.6 is 0 Å². The molecule has 1 aliphatic heterocycles. The van der Waals surface area contributed by atoms with Crippen molar-refractivity contribution in [1.82, 2.24) is 20.1 Å². The van der Waals surface area contributed by atoms with E-state index in [0.29, 0.717) is 17.8 Å². The molecule has 2 aromatic rings. The van der Waals surface area contributed by atoms with Crippen molar-refractivity contribution >= 4 is 5.82 Å². The predicted molar refractivity (Wildman–Crippen MR) is 91.3 cm³/mol. The van der Waals surface area contributed by atoms with Gasteiger partial charge < -0.3 is 9.42 Å². The summed E-state index contributed by atoms with van der Waals surface area (Å²) in [5.41, 5.74) is 1.04. The molecular weight excluding hydrogens is 302 g/mol. The average molecular weight is 327 g/mol. The van der Waals surface area contributed by atoms with Crippen LogP contribution in [0.3, 0.4) is 0 Å². The van der Waals surface area contributed by atoms with Crippen LogP contribution in [0, 0.1) is 6.92 Å². The first-order valence-corrected chi connectivity index (χ1v) is 9.04. The topological polar surface area (TPSA) is 67.9 Å². The van der Waals surface area contributed by atoms with Gasteiger partial charge in [-0.1, -0.05) is 19.0 Å². The number of aromatic nitrogens is 4. The normalized spacial score (nSPS) is 19.2. The van der Waals surface area contributed by atoms with Crippen LogP contribution in [0.25, 0.3) is 0 Å². The zero-order valence-electron chi connectivity index (χ0n) is 14.7. The Morgan fingerprint density at radius 1 is 1.04 bits per heavy atom. The Bertz CT molecular complexity index is 714. The minimum Gasteiger partial charge on any atom is -0.356 e. The van der Waals surface area contributed by atoms with Crippen molar-refractivity contribution in [1.29, 1.82) is 0 Å². The Kier molecular flexibility index (Phi) is 3.98. The average Bonchev–Trinajstić information content (AvgIpc) is 3.31. The van der Waals surface area contributed by atoms with Gasteiger partial charge in [0.05, 0.1) is 0 Å². The van der Waals surface area contributed by atoms with E-state index < -0.39 is 0 Å². The van der Waals surface area contributed by atoms with Gasteiger partial charge in [-0.2, -0.15) is 4.98 Å². The smallest absolute Gasteiger partial charge is 0.229 e. The molecule has 1 saturated carbocycles. The van der Waals surface area contributed by atoms with Gasteiger partial charge in [-0.15, -0.1) is 0 Å². The minimum absolute atomic E-state index is 0.348. The van der Waals surface area contributed by atoms with Crippen molar-refractivity contribution in [2.45, 2.75) is 64.2 Å². The van der Waals surface area contributed by atoms with Crippen LogP contribution < -0.4 is 4.90 Å². The van der Waals surface area contributed by atoms with Crippen LogP contribution in [0.15, 0.2) is 10.6 Å². The van der Waals surface area contributed by atoms with Crippen LogP contribution in [0.4, 0.5) is 5.82 Å². The van der Waals surface area contributed by atoms with Gasteiger partial charge in [0.25, 0.3) is 0 Å². The molecule has 0 N–H and O–H groups in total. The van der Waals surface area contributed by atoms with Gasteiger partial charge in [-0.3, -0.25) is 0 Å².